The van der Waals surface area contributed by atoms with Crippen molar-refractivity contribution in [2.45, 2.75) is 45.6 Å². The van der Waals surface area contributed by atoms with Crippen molar-refractivity contribution in [3.8, 4) is 5.75 Å². The average Bonchev–Trinajstić information content (AvgIpc) is 3.21. The fraction of sp³-hybridized carbons (Fsp3) is 0.297. The Morgan fingerprint density at radius 3 is 2.40 bits per heavy atom. The third kappa shape index (κ3) is 5.93. The van der Waals surface area contributed by atoms with Crippen molar-refractivity contribution in [2.24, 2.45) is 0 Å². The first kappa shape index (κ1) is 28.7. The first-order valence-electron chi connectivity index (χ1n) is 15.1. The fourth-order valence-electron chi connectivity index (χ4n) is 6.22. The van der Waals surface area contributed by atoms with E-state index < -0.39 is 0 Å². The first-order chi connectivity index (χ1) is 20.8. The Morgan fingerprint density at radius 2 is 1.63 bits per heavy atom. The van der Waals surface area contributed by atoms with Crippen molar-refractivity contribution in [2.75, 3.05) is 26.2 Å². The molecule has 0 radical (unpaired) electrons. The zero-order chi connectivity index (χ0) is 30.0. The molecule has 0 atom stereocenters. The molecule has 4 aliphatic rings. The third-order valence-corrected chi connectivity index (χ3v) is 8.23. The summed E-state index contributed by atoms with van der Waals surface area (Å²) in [6.07, 6.45) is 8.56. The van der Waals surface area contributed by atoms with E-state index in [1.54, 1.807) is 0 Å². The minimum atomic E-state index is -0.318. The SMILES string of the molecule is CC(C)(C)OC=O.O=C1CCC(C2=CC=C(N3CCNCC3)c3ccccc3O2)=c2ccc3c(c21)CC=c1ccccc1=3. The second kappa shape index (κ2) is 12.1. The van der Waals surface area contributed by atoms with Gasteiger partial charge in [-0.3, -0.25) is 9.59 Å². The molecule has 0 bridgehead atoms. The number of ketones is 1. The average molecular weight is 575 g/mol. The van der Waals surface area contributed by atoms with Crippen LogP contribution in [0.2, 0.25) is 0 Å². The molecular formula is C37H38N2O4. The largest absolute Gasteiger partial charge is 0.462 e. The summed E-state index contributed by atoms with van der Waals surface area (Å²) in [7, 11) is 0. The van der Waals surface area contributed by atoms with Crippen LogP contribution in [0.5, 0.6) is 5.75 Å². The Kier molecular flexibility index (Phi) is 8.04. The number of para-hydroxylation sites is 1. The van der Waals surface area contributed by atoms with Gasteiger partial charge in [0, 0.05) is 55.0 Å². The van der Waals surface area contributed by atoms with E-state index in [1.807, 2.05) is 26.8 Å². The smallest absolute Gasteiger partial charge is 0.293 e. The molecule has 0 unspecified atom stereocenters. The molecule has 3 aromatic carbocycles. The van der Waals surface area contributed by atoms with E-state index in [1.165, 1.54) is 21.4 Å². The lowest BCUT2D eigenvalue weighted by Crippen LogP contribution is -2.42. The predicted octanol–water partition coefficient (Wildman–Crippen LogP) is 4.62. The lowest BCUT2D eigenvalue weighted by atomic mass is 9.84. The number of nitrogens with one attached hydrogen (secondary N) is 1. The number of piperazine rings is 1. The maximum atomic E-state index is 13.3. The topological polar surface area (TPSA) is 67.9 Å². The maximum absolute atomic E-state index is 13.3. The lowest BCUT2D eigenvalue weighted by molar-refractivity contribution is -0.138. The van der Waals surface area contributed by atoms with Gasteiger partial charge in [0.2, 0.25) is 0 Å². The highest BCUT2D eigenvalue weighted by molar-refractivity contribution is 6.01. The molecule has 1 saturated heterocycles. The second-order valence-corrected chi connectivity index (χ2v) is 12.2. The summed E-state index contributed by atoms with van der Waals surface area (Å²) in [6.45, 7) is 9.83. The number of ether oxygens (including phenoxy) is 2. The maximum Gasteiger partial charge on any atom is 0.293 e. The molecule has 0 spiro atoms. The van der Waals surface area contributed by atoms with E-state index in [0.29, 0.717) is 19.3 Å². The van der Waals surface area contributed by atoms with Gasteiger partial charge in [0.05, 0.1) is 0 Å². The van der Waals surface area contributed by atoms with Crippen molar-refractivity contribution in [3.63, 3.8) is 0 Å². The molecule has 0 aromatic heterocycles. The summed E-state index contributed by atoms with van der Waals surface area (Å²) < 4.78 is 11.2. The molecule has 2 aliphatic heterocycles. The highest BCUT2D eigenvalue weighted by Crippen LogP contribution is 2.36. The molecule has 2 aliphatic carbocycles. The highest BCUT2D eigenvalue weighted by Gasteiger charge is 2.26. The van der Waals surface area contributed by atoms with Crippen molar-refractivity contribution in [3.05, 3.63) is 116 Å². The monoisotopic (exact) mass is 574 g/mol. The van der Waals surface area contributed by atoms with Crippen molar-refractivity contribution in [1.82, 2.24) is 10.2 Å². The van der Waals surface area contributed by atoms with Gasteiger partial charge in [-0.15, -0.1) is 0 Å². The van der Waals surface area contributed by atoms with E-state index in [9.17, 15) is 9.59 Å². The van der Waals surface area contributed by atoms with E-state index in [-0.39, 0.29) is 11.4 Å². The summed E-state index contributed by atoms with van der Waals surface area (Å²) in [5.41, 5.74) is 5.16. The molecule has 3 aromatic rings. The van der Waals surface area contributed by atoms with Gasteiger partial charge in [-0.2, -0.15) is 0 Å². The number of fused-ring (bicyclic) bond motifs is 5. The molecule has 7 rings (SSSR count). The number of allylic oxidation sites excluding steroid dienone is 3. The van der Waals surface area contributed by atoms with Crippen LogP contribution in [0, 0.1) is 10.4 Å². The molecule has 6 nitrogen and oxygen atoms in total. The van der Waals surface area contributed by atoms with Crippen LogP contribution in [-0.4, -0.2) is 48.9 Å². The number of Topliss-reactive ketones (excluding diaryl/α,β-unsaturated/α-hetero) is 1. The minimum absolute atomic E-state index is 0.241. The van der Waals surface area contributed by atoms with E-state index in [2.05, 4.69) is 87.8 Å². The molecule has 0 saturated carbocycles. The summed E-state index contributed by atoms with van der Waals surface area (Å²) >= 11 is 0. The van der Waals surface area contributed by atoms with E-state index in [4.69, 9.17) is 4.74 Å². The first-order valence-corrected chi connectivity index (χ1v) is 15.1. The van der Waals surface area contributed by atoms with Crippen LogP contribution in [0.25, 0.3) is 17.3 Å². The van der Waals surface area contributed by atoms with Gasteiger partial charge in [-0.1, -0.05) is 54.6 Å². The van der Waals surface area contributed by atoms with Crippen LogP contribution >= 0.6 is 0 Å². The number of carbonyl (C=O) groups excluding carboxylic acids is 2. The molecule has 220 valence electrons. The predicted molar refractivity (Wildman–Crippen MR) is 169 cm³/mol. The normalized spacial score (nSPS) is 17.1. The zero-order valence-electron chi connectivity index (χ0n) is 25.1. The molecule has 1 fully saturated rings. The Hall–Kier alpha value is -4.42. The number of rotatable bonds is 3. The Balaban J connectivity index is 0.000000423. The lowest BCUT2D eigenvalue weighted by Gasteiger charge is -2.31. The van der Waals surface area contributed by atoms with Crippen LogP contribution < -0.4 is 20.5 Å². The summed E-state index contributed by atoms with van der Waals surface area (Å²) in [4.78, 5) is 25.3. The summed E-state index contributed by atoms with van der Waals surface area (Å²) in [6, 6.07) is 21.1. The van der Waals surface area contributed by atoms with Crippen molar-refractivity contribution < 1.29 is 19.1 Å². The van der Waals surface area contributed by atoms with Gasteiger partial charge in [0.25, 0.3) is 6.47 Å². The van der Waals surface area contributed by atoms with Crippen LogP contribution in [0.4, 0.5) is 0 Å². The molecule has 0 amide bonds. The number of nitrogens with zero attached hydrogens (tertiary/aromatic N) is 1. The van der Waals surface area contributed by atoms with E-state index >= 15 is 0 Å². The van der Waals surface area contributed by atoms with Crippen LogP contribution in [0.15, 0.2) is 78.6 Å². The van der Waals surface area contributed by atoms with Crippen LogP contribution in [0.1, 0.15) is 55.1 Å². The van der Waals surface area contributed by atoms with Gasteiger partial charge in [-0.05, 0) is 84.3 Å². The second-order valence-electron chi connectivity index (χ2n) is 12.2. The third-order valence-electron chi connectivity index (χ3n) is 8.23. The molecule has 43 heavy (non-hydrogen) atoms. The van der Waals surface area contributed by atoms with Crippen LogP contribution in [0.3, 0.4) is 0 Å². The molecule has 2 heterocycles. The van der Waals surface area contributed by atoms with Gasteiger partial charge in [0.1, 0.15) is 17.1 Å². The van der Waals surface area contributed by atoms with E-state index in [0.717, 1.165) is 71.6 Å². The molecule has 1 N–H and O–H groups in total. The number of hydrogen-bond acceptors (Lipinski definition) is 6. The van der Waals surface area contributed by atoms with Gasteiger partial charge < -0.3 is 19.7 Å². The number of hydrogen-bond donors (Lipinski definition) is 1. The Morgan fingerprint density at radius 1 is 0.884 bits per heavy atom. The quantitative estimate of drug-likeness (QED) is 0.461. The van der Waals surface area contributed by atoms with Gasteiger partial charge >= 0.3 is 0 Å². The van der Waals surface area contributed by atoms with Crippen molar-refractivity contribution in [1.29, 1.82) is 0 Å². The number of benzene rings is 3. The summed E-state index contributed by atoms with van der Waals surface area (Å²) in [5.74, 6) is 1.96. The minimum Gasteiger partial charge on any atom is -0.462 e. The fourth-order valence-corrected chi connectivity index (χ4v) is 6.22. The summed E-state index contributed by atoms with van der Waals surface area (Å²) in [5, 5.41) is 8.11. The number of carbonyl (C=O) groups is 2. The van der Waals surface area contributed by atoms with Gasteiger partial charge in [-0.25, -0.2) is 0 Å². The highest BCUT2D eigenvalue weighted by atomic mass is 16.5. The standard InChI is InChI=1S/C32H28N2O2.C5H10O2/c35-29-15-13-24(26-12-11-23-22-6-2-1-5-21(22)9-10-25(23)32(26)29)31-16-14-28(34-19-17-33-18-20-34)27-7-3-4-8-30(27)36-31;1-5(2,3)7-4-6/h1-9,11-12,14,16,33H,10,13,15,17-20H2;4H,1-3H3. The Labute approximate surface area is 252 Å². The van der Waals surface area contributed by atoms with Gasteiger partial charge in [0.15, 0.2) is 5.78 Å². The van der Waals surface area contributed by atoms with Crippen LogP contribution in [-0.2, 0) is 16.0 Å². The Bertz CT molecular complexity index is 1860. The molecular weight excluding hydrogens is 536 g/mol. The van der Waals surface area contributed by atoms with Crippen molar-refractivity contribution >= 4 is 29.6 Å². The zero-order valence-corrected chi connectivity index (χ0v) is 25.1. The molecule has 6 heteroatoms.